The van der Waals surface area contributed by atoms with Gasteiger partial charge in [-0.25, -0.2) is 13.4 Å². The third kappa shape index (κ3) is 3.87. The number of sulfone groups is 1. The van der Waals surface area contributed by atoms with Gasteiger partial charge in [0, 0.05) is 11.9 Å². The Bertz CT molecular complexity index is 415. The summed E-state index contributed by atoms with van der Waals surface area (Å²) in [6.45, 7) is 1.66. The maximum Gasteiger partial charge on any atom is 0.150 e. The van der Waals surface area contributed by atoms with E-state index in [2.05, 4.69) is 4.98 Å². The molecule has 1 aromatic heterocycles. The number of nitrogens with zero attached hydrogens (tertiary/aromatic N) is 1. The highest BCUT2D eigenvalue weighted by molar-refractivity contribution is 7.91. The van der Waals surface area contributed by atoms with Crippen LogP contribution in [0.1, 0.15) is 18.9 Å². The van der Waals surface area contributed by atoms with Crippen LogP contribution in [-0.4, -0.2) is 24.9 Å². The Hall–Kier alpha value is -1.10. The lowest BCUT2D eigenvalue weighted by atomic mass is 10.1. The largest absolute Gasteiger partial charge is 0.383 e. The van der Waals surface area contributed by atoms with Crippen LogP contribution in [0.25, 0.3) is 0 Å². The Morgan fingerprint density at radius 3 is 2.80 bits per heavy atom. The van der Waals surface area contributed by atoms with Gasteiger partial charge in [-0.15, -0.1) is 0 Å². The van der Waals surface area contributed by atoms with Crippen molar-refractivity contribution in [2.75, 3.05) is 17.2 Å². The van der Waals surface area contributed by atoms with E-state index in [4.69, 9.17) is 5.73 Å². The lowest BCUT2D eigenvalue weighted by molar-refractivity contribution is 0.594. The fraction of sp³-hybridized carbons (Fsp3) is 0.500. The van der Waals surface area contributed by atoms with Crippen LogP contribution in [0.5, 0.6) is 0 Å². The fourth-order valence-corrected chi connectivity index (χ4v) is 2.16. The Morgan fingerprint density at radius 2 is 2.20 bits per heavy atom. The van der Waals surface area contributed by atoms with Gasteiger partial charge in [0.25, 0.3) is 0 Å². The number of anilines is 1. The number of rotatable bonds is 5. The van der Waals surface area contributed by atoms with E-state index < -0.39 is 9.84 Å². The summed E-state index contributed by atoms with van der Waals surface area (Å²) in [6.07, 6.45) is 2.90. The molecule has 0 aliphatic heterocycles. The number of aryl methyl sites for hydroxylation is 1. The molecule has 0 spiro atoms. The van der Waals surface area contributed by atoms with Gasteiger partial charge in [-0.1, -0.05) is 13.0 Å². The van der Waals surface area contributed by atoms with Crippen molar-refractivity contribution in [1.29, 1.82) is 0 Å². The number of nitrogens with two attached hydrogens (primary N) is 1. The Kier molecular flexibility index (Phi) is 4.08. The molecule has 0 aromatic carbocycles. The summed E-state index contributed by atoms with van der Waals surface area (Å²) in [5, 5.41) is 0. The highest BCUT2D eigenvalue weighted by Gasteiger charge is 2.07. The SMILES string of the molecule is CCS(=O)(=O)CCCc1cccnc1N. The lowest BCUT2D eigenvalue weighted by Gasteiger charge is -2.04. The second-order valence-electron chi connectivity index (χ2n) is 3.39. The first-order valence-electron chi connectivity index (χ1n) is 4.95. The highest BCUT2D eigenvalue weighted by Crippen LogP contribution is 2.10. The van der Waals surface area contributed by atoms with Gasteiger partial charge in [0.1, 0.15) is 15.7 Å². The van der Waals surface area contributed by atoms with Crippen molar-refractivity contribution >= 4 is 15.7 Å². The average Bonchev–Trinajstić information content (AvgIpc) is 2.21. The van der Waals surface area contributed by atoms with Crippen molar-refractivity contribution in [1.82, 2.24) is 4.98 Å². The summed E-state index contributed by atoms with van der Waals surface area (Å²) in [4.78, 5) is 3.94. The minimum absolute atomic E-state index is 0.204. The monoisotopic (exact) mass is 228 g/mol. The fourth-order valence-electron chi connectivity index (χ4n) is 1.29. The summed E-state index contributed by atoms with van der Waals surface area (Å²) < 4.78 is 22.5. The molecule has 1 aromatic rings. The predicted molar refractivity (Wildman–Crippen MR) is 61.3 cm³/mol. The van der Waals surface area contributed by atoms with Crippen molar-refractivity contribution in [3.8, 4) is 0 Å². The molecule has 5 heteroatoms. The molecule has 0 atom stereocenters. The molecule has 84 valence electrons. The molecule has 1 rings (SSSR count). The van der Waals surface area contributed by atoms with Gasteiger partial charge in [0.05, 0.1) is 5.75 Å². The summed E-state index contributed by atoms with van der Waals surface area (Å²) in [5.41, 5.74) is 6.56. The number of hydrogen-bond donors (Lipinski definition) is 1. The molecule has 0 radical (unpaired) electrons. The molecule has 0 amide bonds. The molecule has 0 saturated carbocycles. The van der Waals surface area contributed by atoms with Gasteiger partial charge in [0.2, 0.25) is 0 Å². The Morgan fingerprint density at radius 1 is 1.47 bits per heavy atom. The number of nitrogen functional groups attached to an aromatic ring is 1. The summed E-state index contributed by atoms with van der Waals surface area (Å²) in [7, 11) is -2.86. The molecule has 0 bridgehead atoms. The summed E-state index contributed by atoms with van der Waals surface area (Å²) in [6, 6.07) is 3.68. The Balaban J connectivity index is 2.49. The van der Waals surface area contributed by atoms with Crippen LogP contribution in [0.15, 0.2) is 18.3 Å². The summed E-state index contributed by atoms with van der Waals surface area (Å²) >= 11 is 0. The van der Waals surface area contributed by atoms with Crippen molar-refractivity contribution < 1.29 is 8.42 Å². The van der Waals surface area contributed by atoms with Crippen LogP contribution in [0.2, 0.25) is 0 Å². The van der Waals surface area contributed by atoms with Crippen LogP contribution in [-0.2, 0) is 16.3 Å². The van der Waals surface area contributed by atoms with E-state index in [0.29, 0.717) is 18.7 Å². The van der Waals surface area contributed by atoms with Crippen molar-refractivity contribution in [3.63, 3.8) is 0 Å². The maximum absolute atomic E-state index is 11.2. The van der Waals surface area contributed by atoms with Gasteiger partial charge in [-0.3, -0.25) is 0 Å². The van der Waals surface area contributed by atoms with E-state index in [0.717, 1.165) is 5.56 Å². The van der Waals surface area contributed by atoms with Gasteiger partial charge in [0.15, 0.2) is 0 Å². The minimum atomic E-state index is -2.86. The molecule has 15 heavy (non-hydrogen) atoms. The second-order valence-corrected chi connectivity index (χ2v) is 5.86. The van der Waals surface area contributed by atoms with E-state index in [1.165, 1.54) is 0 Å². The van der Waals surface area contributed by atoms with Crippen LogP contribution >= 0.6 is 0 Å². The van der Waals surface area contributed by atoms with Crippen molar-refractivity contribution in [3.05, 3.63) is 23.9 Å². The van der Waals surface area contributed by atoms with E-state index >= 15 is 0 Å². The Labute approximate surface area is 90.4 Å². The smallest absolute Gasteiger partial charge is 0.150 e. The topological polar surface area (TPSA) is 73.0 Å². The number of hydrogen-bond acceptors (Lipinski definition) is 4. The van der Waals surface area contributed by atoms with Gasteiger partial charge < -0.3 is 5.73 Å². The van der Waals surface area contributed by atoms with Crippen molar-refractivity contribution in [2.45, 2.75) is 19.8 Å². The molecular formula is C10H16N2O2S. The van der Waals surface area contributed by atoms with Crippen molar-refractivity contribution in [2.24, 2.45) is 0 Å². The number of pyridine rings is 1. The van der Waals surface area contributed by atoms with Crippen LogP contribution in [0.4, 0.5) is 5.82 Å². The average molecular weight is 228 g/mol. The molecule has 0 unspecified atom stereocenters. The van der Waals surface area contributed by atoms with E-state index in [1.54, 1.807) is 19.2 Å². The quantitative estimate of drug-likeness (QED) is 0.817. The van der Waals surface area contributed by atoms with Gasteiger partial charge >= 0.3 is 0 Å². The first kappa shape index (κ1) is 12.0. The van der Waals surface area contributed by atoms with Gasteiger partial charge in [-0.05, 0) is 24.5 Å². The maximum atomic E-state index is 11.2. The second kappa shape index (κ2) is 5.11. The summed E-state index contributed by atoms with van der Waals surface area (Å²) in [5.74, 6) is 0.916. The first-order valence-corrected chi connectivity index (χ1v) is 6.77. The van der Waals surface area contributed by atoms with E-state index in [1.807, 2.05) is 6.07 Å². The molecule has 0 saturated heterocycles. The number of aromatic nitrogens is 1. The highest BCUT2D eigenvalue weighted by atomic mass is 32.2. The third-order valence-electron chi connectivity index (χ3n) is 2.27. The zero-order valence-corrected chi connectivity index (χ0v) is 9.63. The minimum Gasteiger partial charge on any atom is -0.383 e. The standard InChI is InChI=1S/C10H16N2O2S/c1-2-15(13,14)8-4-6-9-5-3-7-12-10(9)11/h3,5,7H,2,4,6,8H2,1H3,(H2,11,12). The molecule has 1 heterocycles. The van der Waals surface area contributed by atoms with Crippen LogP contribution < -0.4 is 5.73 Å². The molecule has 2 N–H and O–H groups in total. The van der Waals surface area contributed by atoms with Crippen LogP contribution in [0.3, 0.4) is 0 Å². The first-order chi connectivity index (χ1) is 7.05. The predicted octanol–water partition coefficient (Wildman–Crippen LogP) is 1.03. The van der Waals surface area contributed by atoms with Crippen LogP contribution in [0, 0.1) is 0 Å². The molecule has 4 nitrogen and oxygen atoms in total. The zero-order valence-electron chi connectivity index (χ0n) is 8.81. The van der Waals surface area contributed by atoms with E-state index in [-0.39, 0.29) is 11.5 Å². The third-order valence-corrected chi connectivity index (χ3v) is 4.06. The normalized spacial score (nSPS) is 11.5. The zero-order chi connectivity index (χ0) is 11.3. The lowest BCUT2D eigenvalue weighted by Crippen LogP contribution is -2.09. The molecular weight excluding hydrogens is 212 g/mol. The molecule has 0 aliphatic rings. The van der Waals surface area contributed by atoms with Gasteiger partial charge in [-0.2, -0.15) is 0 Å². The van der Waals surface area contributed by atoms with E-state index in [9.17, 15) is 8.42 Å². The molecule has 0 fully saturated rings. The molecule has 0 aliphatic carbocycles.